The topological polar surface area (TPSA) is 75.3 Å². The molecule has 0 spiro atoms. The molecule has 22 heavy (non-hydrogen) atoms. The number of anilines is 1. The average molecular weight is 334 g/mol. The summed E-state index contributed by atoms with van der Waals surface area (Å²) in [4.78, 5) is 12.3. The number of hydrogen-bond acceptors (Lipinski definition) is 4. The Morgan fingerprint density at radius 1 is 1.14 bits per heavy atom. The van der Waals surface area contributed by atoms with Crippen LogP contribution in [0.25, 0.3) is 0 Å². The predicted molar refractivity (Wildman–Crippen MR) is 86.3 cm³/mol. The molecule has 0 atom stereocenters. The average Bonchev–Trinajstić information content (AvgIpc) is 2.53. The van der Waals surface area contributed by atoms with Gasteiger partial charge >= 0.3 is 0 Å². The largest absolute Gasteiger partial charge is 0.324 e. The number of carbonyl (C=O) groups excluding carboxylic acids is 1. The van der Waals surface area contributed by atoms with E-state index >= 15 is 0 Å². The van der Waals surface area contributed by atoms with Crippen molar-refractivity contribution in [2.24, 2.45) is 0 Å². The van der Waals surface area contributed by atoms with Crippen molar-refractivity contribution in [2.75, 3.05) is 11.1 Å². The third-order valence-electron chi connectivity index (χ3n) is 3.21. The molecule has 1 heterocycles. The fraction of sp³-hybridized carbons (Fsp3) is 0.133. The Morgan fingerprint density at radius 2 is 1.91 bits per heavy atom. The zero-order chi connectivity index (χ0) is 15.6. The number of rotatable bonds is 4. The minimum Gasteiger partial charge on any atom is -0.324 e. The van der Waals surface area contributed by atoms with E-state index in [1.807, 2.05) is 30.3 Å². The summed E-state index contributed by atoms with van der Waals surface area (Å²) >= 11 is 1.34. The number of hydrogen-bond donors (Lipinski definition) is 2. The van der Waals surface area contributed by atoms with E-state index in [-0.39, 0.29) is 17.3 Å². The maximum absolute atomic E-state index is 12.3. The van der Waals surface area contributed by atoms with Crippen molar-refractivity contribution in [3.05, 3.63) is 54.1 Å². The van der Waals surface area contributed by atoms with Gasteiger partial charge in [0, 0.05) is 11.4 Å². The molecule has 0 saturated carbocycles. The highest BCUT2D eigenvalue weighted by atomic mass is 32.2. The molecule has 0 radical (unpaired) electrons. The maximum atomic E-state index is 12.3. The van der Waals surface area contributed by atoms with Crippen LogP contribution in [0.5, 0.6) is 0 Å². The molecule has 5 nitrogen and oxygen atoms in total. The second kappa shape index (κ2) is 6.12. The first-order valence-electron chi connectivity index (χ1n) is 6.65. The predicted octanol–water partition coefficient (Wildman–Crippen LogP) is 2.21. The molecule has 2 N–H and O–H groups in total. The number of amides is 1. The monoisotopic (exact) mass is 334 g/mol. The van der Waals surface area contributed by atoms with Crippen LogP contribution in [0.15, 0.2) is 58.3 Å². The number of carbonyl (C=O) groups is 1. The van der Waals surface area contributed by atoms with Gasteiger partial charge in [0.25, 0.3) is 0 Å². The van der Waals surface area contributed by atoms with Crippen molar-refractivity contribution in [1.82, 2.24) is 4.72 Å². The van der Waals surface area contributed by atoms with Crippen LogP contribution in [-0.2, 0) is 21.4 Å². The third kappa shape index (κ3) is 3.32. The van der Waals surface area contributed by atoms with Gasteiger partial charge in [0.15, 0.2) is 0 Å². The van der Waals surface area contributed by atoms with Gasteiger partial charge in [-0.3, -0.25) is 4.79 Å². The molecule has 1 amide bonds. The highest BCUT2D eigenvalue weighted by Crippen LogP contribution is 2.33. The van der Waals surface area contributed by atoms with Gasteiger partial charge in [0.05, 0.1) is 16.3 Å². The van der Waals surface area contributed by atoms with Crippen molar-refractivity contribution < 1.29 is 13.2 Å². The molecule has 0 aromatic heterocycles. The van der Waals surface area contributed by atoms with Crippen LogP contribution in [0.4, 0.5) is 5.69 Å². The first kappa shape index (κ1) is 15.1. The summed E-state index contributed by atoms with van der Waals surface area (Å²) in [5.74, 6) is 0.226. The van der Waals surface area contributed by atoms with Gasteiger partial charge in [-0.2, -0.15) is 0 Å². The van der Waals surface area contributed by atoms with Gasteiger partial charge in [-0.05, 0) is 23.8 Å². The van der Waals surface area contributed by atoms with Crippen LogP contribution in [-0.4, -0.2) is 20.1 Å². The summed E-state index contributed by atoms with van der Waals surface area (Å²) < 4.78 is 27.3. The molecule has 2 aromatic carbocycles. The van der Waals surface area contributed by atoms with Crippen molar-refractivity contribution in [2.45, 2.75) is 16.3 Å². The maximum Gasteiger partial charge on any atom is 0.240 e. The number of fused-ring (bicyclic) bond motifs is 1. The zero-order valence-electron chi connectivity index (χ0n) is 11.6. The standard InChI is InChI=1S/C15H14N2O3S2/c18-15-10-21-14-8-12(6-7-13(14)17-15)22(19,20)16-9-11-4-2-1-3-5-11/h1-8,16H,9-10H2,(H,17,18). The van der Waals surface area contributed by atoms with Crippen LogP contribution in [0, 0.1) is 0 Å². The van der Waals surface area contributed by atoms with Gasteiger partial charge in [-0.15, -0.1) is 11.8 Å². The second-order valence-electron chi connectivity index (χ2n) is 4.80. The lowest BCUT2D eigenvalue weighted by molar-refractivity contribution is -0.113. The highest BCUT2D eigenvalue weighted by molar-refractivity contribution is 8.00. The lowest BCUT2D eigenvalue weighted by Crippen LogP contribution is -2.24. The van der Waals surface area contributed by atoms with Crippen molar-refractivity contribution in [3.8, 4) is 0 Å². The Labute approximate surface area is 133 Å². The van der Waals surface area contributed by atoms with Crippen LogP contribution < -0.4 is 10.0 Å². The summed E-state index contributed by atoms with van der Waals surface area (Å²) in [6.45, 7) is 0.240. The highest BCUT2D eigenvalue weighted by Gasteiger charge is 2.20. The van der Waals surface area contributed by atoms with Crippen molar-refractivity contribution >= 4 is 33.4 Å². The van der Waals surface area contributed by atoms with Gasteiger partial charge in [-0.1, -0.05) is 30.3 Å². The third-order valence-corrected chi connectivity index (χ3v) is 5.66. The van der Waals surface area contributed by atoms with E-state index < -0.39 is 10.0 Å². The number of thioether (sulfide) groups is 1. The van der Waals surface area contributed by atoms with Crippen LogP contribution in [0.3, 0.4) is 0 Å². The first-order valence-corrected chi connectivity index (χ1v) is 9.12. The van der Waals surface area contributed by atoms with Crippen LogP contribution in [0.2, 0.25) is 0 Å². The summed E-state index contributed by atoms with van der Waals surface area (Å²) in [6.07, 6.45) is 0. The summed E-state index contributed by atoms with van der Waals surface area (Å²) in [6, 6.07) is 14.0. The molecular weight excluding hydrogens is 320 g/mol. The summed E-state index contributed by atoms with van der Waals surface area (Å²) in [5.41, 5.74) is 1.55. The summed E-state index contributed by atoms with van der Waals surface area (Å²) in [5, 5.41) is 2.72. The molecule has 0 fully saturated rings. The Balaban J connectivity index is 1.79. The Bertz CT molecular complexity index is 805. The van der Waals surface area contributed by atoms with Crippen molar-refractivity contribution in [1.29, 1.82) is 0 Å². The quantitative estimate of drug-likeness (QED) is 0.899. The molecule has 3 rings (SSSR count). The lowest BCUT2D eigenvalue weighted by atomic mass is 10.2. The van der Waals surface area contributed by atoms with Crippen LogP contribution >= 0.6 is 11.8 Å². The normalized spacial score (nSPS) is 14.3. The van der Waals surface area contributed by atoms with E-state index in [0.717, 1.165) is 10.5 Å². The minimum atomic E-state index is -3.58. The van der Waals surface area contributed by atoms with E-state index in [9.17, 15) is 13.2 Å². The Hall–Kier alpha value is -1.83. The lowest BCUT2D eigenvalue weighted by Gasteiger charge is -2.17. The molecule has 7 heteroatoms. The second-order valence-corrected chi connectivity index (χ2v) is 7.59. The molecule has 1 aliphatic heterocycles. The smallest absolute Gasteiger partial charge is 0.240 e. The number of nitrogens with one attached hydrogen (secondary N) is 2. The molecule has 114 valence electrons. The molecule has 0 unspecified atom stereocenters. The fourth-order valence-electron chi connectivity index (χ4n) is 2.08. The van der Waals surface area contributed by atoms with Crippen LogP contribution in [0.1, 0.15) is 5.56 Å². The SMILES string of the molecule is O=C1CSc2cc(S(=O)(=O)NCc3ccccc3)ccc2N1. The fourth-order valence-corrected chi connectivity index (χ4v) is 4.04. The van der Waals surface area contributed by atoms with Gasteiger partial charge in [0.1, 0.15) is 0 Å². The molecule has 1 aliphatic rings. The van der Waals surface area contributed by atoms with E-state index in [1.54, 1.807) is 12.1 Å². The van der Waals surface area contributed by atoms with Crippen molar-refractivity contribution in [3.63, 3.8) is 0 Å². The van der Waals surface area contributed by atoms with E-state index in [0.29, 0.717) is 11.4 Å². The van der Waals surface area contributed by atoms with Gasteiger partial charge < -0.3 is 5.32 Å². The Kier molecular flexibility index (Phi) is 4.19. The summed E-state index contributed by atoms with van der Waals surface area (Å²) in [7, 11) is -3.58. The van der Waals surface area contributed by atoms with E-state index in [1.165, 1.54) is 17.8 Å². The van der Waals surface area contributed by atoms with Gasteiger partial charge in [0.2, 0.25) is 15.9 Å². The molecule has 0 bridgehead atoms. The number of sulfonamides is 1. The molecular formula is C15H14N2O3S2. The minimum absolute atomic E-state index is 0.0738. The molecule has 2 aromatic rings. The molecule has 0 saturated heterocycles. The zero-order valence-corrected chi connectivity index (χ0v) is 13.2. The molecule has 0 aliphatic carbocycles. The van der Waals surface area contributed by atoms with E-state index in [4.69, 9.17) is 0 Å². The first-order chi connectivity index (χ1) is 10.5. The Morgan fingerprint density at radius 3 is 2.68 bits per heavy atom. The number of benzene rings is 2. The van der Waals surface area contributed by atoms with E-state index in [2.05, 4.69) is 10.0 Å². The van der Waals surface area contributed by atoms with Gasteiger partial charge in [-0.25, -0.2) is 13.1 Å².